The number of Topliss-reactive ketones (excluding diaryl/α,β-unsaturated/α-hetero) is 1. The molecule has 0 saturated carbocycles. The maximum absolute atomic E-state index is 13.7. The largest absolute Gasteiger partial charge is 0.339 e. The molecule has 0 aliphatic carbocycles. The van der Waals surface area contributed by atoms with Gasteiger partial charge in [0.2, 0.25) is 5.91 Å². The van der Waals surface area contributed by atoms with Crippen molar-refractivity contribution in [3.8, 4) is 0 Å². The zero-order valence-electron chi connectivity index (χ0n) is 11.4. The lowest BCUT2D eigenvalue weighted by molar-refractivity contribution is -0.132. The van der Waals surface area contributed by atoms with Crippen LogP contribution in [0.3, 0.4) is 0 Å². The quantitative estimate of drug-likeness (QED) is 0.857. The third-order valence-corrected chi connectivity index (χ3v) is 3.96. The summed E-state index contributed by atoms with van der Waals surface area (Å²) < 4.78 is 13.7. The monoisotopic (exact) mass is 297 g/mol. The lowest BCUT2D eigenvalue weighted by Gasteiger charge is -2.24. The molecule has 1 aliphatic rings. The van der Waals surface area contributed by atoms with E-state index in [0.717, 1.165) is 12.8 Å². The minimum Gasteiger partial charge on any atom is -0.339 e. The Hall–Kier alpha value is -1.42. The summed E-state index contributed by atoms with van der Waals surface area (Å²) in [5, 5.41) is 0.265. The second-order valence-corrected chi connectivity index (χ2v) is 5.57. The predicted molar refractivity (Wildman–Crippen MR) is 75.1 cm³/mol. The number of halogens is 2. The maximum Gasteiger partial charge on any atom is 0.227 e. The molecule has 1 fully saturated rings. The summed E-state index contributed by atoms with van der Waals surface area (Å²) in [5.74, 6) is -0.562. The summed E-state index contributed by atoms with van der Waals surface area (Å²) in [6.07, 6.45) is 2.03. The fraction of sp³-hybridized carbons (Fsp3) is 0.467. The molecule has 1 unspecified atom stereocenters. The molecule has 0 aromatic heterocycles. The Bertz CT molecular complexity index is 512. The van der Waals surface area contributed by atoms with Crippen LogP contribution < -0.4 is 0 Å². The Labute approximate surface area is 122 Å². The Balaban J connectivity index is 2.09. The van der Waals surface area contributed by atoms with E-state index in [9.17, 15) is 14.0 Å². The van der Waals surface area contributed by atoms with Crippen LogP contribution in [0, 0.1) is 5.82 Å². The third-order valence-electron chi connectivity index (χ3n) is 3.61. The number of hydrogen-bond acceptors (Lipinski definition) is 2. The molecule has 1 saturated heterocycles. The van der Waals surface area contributed by atoms with Gasteiger partial charge in [0.25, 0.3) is 0 Å². The highest BCUT2D eigenvalue weighted by Crippen LogP contribution is 2.24. The van der Waals surface area contributed by atoms with E-state index in [2.05, 4.69) is 0 Å². The van der Waals surface area contributed by atoms with Crippen LogP contribution in [-0.2, 0) is 16.0 Å². The number of carbonyl (C=O) groups is 2. The average molecular weight is 298 g/mol. The number of likely N-dealkylation sites (tertiary alicyclic amines) is 1. The molecule has 1 amide bonds. The maximum atomic E-state index is 13.7. The standard InChI is InChI=1S/C15H17ClFNO2/c1-10(19)8-11-4-3-7-18(11)15(20)9-12-13(16)5-2-6-14(12)17/h2,5-6,11H,3-4,7-9H2,1H3. The fourth-order valence-corrected chi connectivity index (χ4v) is 2.89. The molecule has 1 aromatic carbocycles. The van der Waals surface area contributed by atoms with Crippen molar-refractivity contribution in [2.75, 3.05) is 6.54 Å². The van der Waals surface area contributed by atoms with E-state index in [-0.39, 0.29) is 34.7 Å². The number of ketones is 1. The molecule has 0 radical (unpaired) electrons. The van der Waals surface area contributed by atoms with Gasteiger partial charge in [-0.15, -0.1) is 0 Å². The van der Waals surface area contributed by atoms with Gasteiger partial charge in [-0.1, -0.05) is 17.7 Å². The van der Waals surface area contributed by atoms with Crippen molar-refractivity contribution in [3.05, 3.63) is 34.6 Å². The van der Waals surface area contributed by atoms with Gasteiger partial charge in [-0.3, -0.25) is 9.59 Å². The van der Waals surface area contributed by atoms with Gasteiger partial charge < -0.3 is 4.90 Å². The Morgan fingerprint density at radius 3 is 2.85 bits per heavy atom. The van der Waals surface area contributed by atoms with Gasteiger partial charge in [0.1, 0.15) is 11.6 Å². The van der Waals surface area contributed by atoms with E-state index < -0.39 is 5.82 Å². The Morgan fingerprint density at radius 2 is 2.20 bits per heavy atom. The van der Waals surface area contributed by atoms with Crippen molar-refractivity contribution in [2.24, 2.45) is 0 Å². The first-order chi connectivity index (χ1) is 9.49. The number of benzene rings is 1. The molecule has 3 nitrogen and oxygen atoms in total. The van der Waals surface area contributed by atoms with Gasteiger partial charge in [-0.05, 0) is 31.9 Å². The van der Waals surface area contributed by atoms with Crippen LogP contribution in [0.1, 0.15) is 31.7 Å². The minimum absolute atomic E-state index is 0.0504. The average Bonchev–Trinajstić information content (AvgIpc) is 2.81. The van der Waals surface area contributed by atoms with E-state index in [1.165, 1.54) is 19.1 Å². The number of amides is 1. The lowest BCUT2D eigenvalue weighted by atomic mass is 10.1. The first-order valence-corrected chi connectivity index (χ1v) is 7.08. The normalized spacial score (nSPS) is 18.4. The number of rotatable bonds is 4. The SMILES string of the molecule is CC(=O)CC1CCCN1C(=O)Cc1c(F)cccc1Cl. The summed E-state index contributed by atoms with van der Waals surface area (Å²) in [6.45, 7) is 2.15. The summed E-state index contributed by atoms with van der Waals surface area (Å²) >= 11 is 5.94. The summed E-state index contributed by atoms with van der Waals surface area (Å²) in [7, 11) is 0. The molecule has 2 rings (SSSR count). The second-order valence-electron chi connectivity index (χ2n) is 5.17. The lowest BCUT2D eigenvalue weighted by Crippen LogP contribution is -2.37. The van der Waals surface area contributed by atoms with E-state index in [4.69, 9.17) is 11.6 Å². The van der Waals surface area contributed by atoms with E-state index in [1.54, 1.807) is 11.0 Å². The summed E-state index contributed by atoms with van der Waals surface area (Å²) in [6, 6.07) is 4.33. The second kappa shape index (κ2) is 6.35. The van der Waals surface area contributed by atoms with E-state index >= 15 is 0 Å². The van der Waals surface area contributed by atoms with Crippen molar-refractivity contribution in [3.63, 3.8) is 0 Å². The minimum atomic E-state index is -0.465. The number of nitrogens with zero attached hydrogens (tertiary/aromatic N) is 1. The molecule has 1 heterocycles. The molecule has 5 heteroatoms. The Kier molecular flexibility index (Phi) is 4.76. The molecular formula is C15H17ClFNO2. The molecule has 0 bridgehead atoms. The highest BCUT2D eigenvalue weighted by molar-refractivity contribution is 6.31. The van der Waals surface area contributed by atoms with Crippen molar-refractivity contribution >= 4 is 23.3 Å². The van der Waals surface area contributed by atoms with Crippen molar-refractivity contribution < 1.29 is 14.0 Å². The first-order valence-electron chi connectivity index (χ1n) is 6.71. The van der Waals surface area contributed by atoms with Crippen LogP contribution in [0.2, 0.25) is 5.02 Å². The molecule has 1 aromatic rings. The predicted octanol–water partition coefficient (Wildman–Crippen LogP) is 2.99. The van der Waals surface area contributed by atoms with Crippen LogP contribution in [-0.4, -0.2) is 29.2 Å². The molecule has 20 heavy (non-hydrogen) atoms. The molecule has 108 valence electrons. The van der Waals surface area contributed by atoms with Crippen molar-refractivity contribution in [2.45, 2.75) is 38.6 Å². The zero-order chi connectivity index (χ0) is 14.7. The van der Waals surface area contributed by atoms with Gasteiger partial charge in [0.05, 0.1) is 6.42 Å². The number of hydrogen-bond donors (Lipinski definition) is 0. The van der Waals surface area contributed by atoms with E-state index in [1.807, 2.05) is 0 Å². The van der Waals surface area contributed by atoms with E-state index in [0.29, 0.717) is 13.0 Å². The van der Waals surface area contributed by atoms with Gasteiger partial charge in [-0.25, -0.2) is 4.39 Å². The van der Waals surface area contributed by atoms with Crippen molar-refractivity contribution in [1.82, 2.24) is 4.90 Å². The molecular weight excluding hydrogens is 281 g/mol. The van der Waals surface area contributed by atoms with Crippen LogP contribution in [0.15, 0.2) is 18.2 Å². The smallest absolute Gasteiger partial charge is 0.227 e. The first kappa shape index (κ1) is 15.0. The van der Waals surface area contributed by atoms with Gasteiger partial charge >= 0.3 is 0 Å². The fourth-order valence-electron chi connectivity index (χ4n) is 2.66. The van der Waals surface area contributed by atoms with Crippen LogP contribution in [0.5, 0.6) is 0 Å². The molecule has 0 spiro atoms. The van der Waals surface area contributed by atoms with Crippen LogP contribution in [0.25, 0.3) is 0 Å². The highest BCUT2D eigenvalue weighted by Gasteiger charge is 2.30. The van der Waals surface area contributed by atoms with Gasteiger partial charge in [-0.2, -0.15) is 0 Å². The summed E-state index contributed by atoms with van der Waals surface area (Å²) in [5.41, 5.74) is 0.229. The van der Waals surface area contributed by atoms with Gasteiger partial charge in [0.15, 0.2) is 0 Å². The third kappa shape index (κ3) is 3.37. The summed E-state index contributed by atoms with van der Waals surface area (Å²) in [4.78, 5) is 25.2. The molecule has 1 aliphatic heterocycles. The van der Waals surface area contributed by atoms with Crippen LogP contribution in [0.4, 0.5) is 4.39 Å². The number of carbonyl (C=O) groups excluding carboxylic acids is 2. The van der Waals surface area contributed by atoms with Crippen LogP contribution >= 0.6 is 11.6 Å². The van der Waals surface area contributed by atoms with Crippen molar-refractivity contribution in [1.29, 1.82) is 0 Å². The highest BCUT2D eigenvalue weighted by atomic mass is 35.5. The zero-order valence-corrected chi connectivity index (χ0v) is 12.1. The molecule has 1 atom stereocenters. The molecule has 0 N–H and O–H groups in total. The topological polar surface area (TPSA) is 37.4 Å². The van der Waals surface area contributed by atoms with Gasteiger partial charge in [0, 0.05) is 29.6 Å². The Morgan fingerprint density at radius 1 is 1.45 bits per heavy atom.